The van der Waals surface area contributed by atoms with E-state index >= 15 is 0 Å². The zero-order chi connectivity index (χ0) is 31.5. The smallest absolute Gasteiger partial charge is 0.266 e. The van der Waals surface area contributed by atoms with E-state index in [1.54, 1.807) is 12.1 Å². The van der Waals surface area contributed by atoms with Crippen LogP contribution in [-0.2, 0) is 0 Å². The first-order chi connectivity index (χ1) is 23.1. The third kappa shape index (κ3) is 4.34. The van der Waals surface area contributed by atoms with Crippen LogP contribution in [0.3, 0.4) is 0 Å². The Bertz CT molecular complexity index is 2610. The van der Waals surface area contributed by atoms with Crippen molar-refractivity contribution >= 4 is 37.8 Å². The summed E-state index contributed by atoms with van der Waals surface area (Å²) < 4.78 is 1.36. The molecule has 3 heterocycles. The van der Waals surface area contributed by atoms with Crippen molar-refractivity contribution in [3.05, 3.63) is 178 Å². The van der Waals surface area contributed by atoms with Crippen LogP contribution in [0.5, 0.6) is 0 Å². The average molecular weight is 603 g/mol. The van der Waals surface area contributed by atoms with Crippen molar-refractivity contribution < 1.29 is 0 Å². The van der Waals surface area contributed by atoms with E-state index in [2.05, 4.69) is 72.8 Å². The van der Waals surface area contributed by atoms with Crippen molar-refractivity contribution in [2.24, 2.45) is 0 Å². The predicted molar refractivity (Wildman–Crippen MR) is 193 cm³/mol. The van der Waals surface area contributed by atoms with Gasteiger partial charge in [0.05, 0.1) is 16.9 Å². The van der Waals surface area contributed by atoms with Gasteiger partial charge in [0, 0.05) is 32.7 Å². The quantitative estimate of drug-likeness (QED) is 0.149. The van der Waals surface area contributed by atoms with Crippen LogP contribution in [0, 0.1) is 0 Å². The second kappa shape index (κ2) is 10.6. The fourth-order valence-corrected chi connectivity index (χ4v) is 6.89. The molecule has 0 unspecified atom stereocenters. The van der Waals surface area contributed by atoms with E-state index in [-0.39, 0.29) is 11.1 Å². The number of hydrogen-bond donors (Lipinski definition) is 0. The third-order valence-corrected chi connectivity index (χ3v) is 9.13. The minimum absolute atomic E-state index is 0.287. The van der Waals surface area contributed by atoms with E-state index < -0.39 is 0 Å². The van der Waals surface area contributed by atoms with E-state index in [0.29, 0.717) is 16.3 Å². The van der Waals surface area contributed by atoms with Gasteiger partial charge in [-0.1, -0.05) is 115 Å². The highest BCUT2D eigenvalue weighted by Crippen LogP contribution is 2.37. The Labute approximate surface area is 269 Å². The number of fused-ring (bicyclic) bond motifs is 4. The zero-order valence-electron chi connectivity index (χ0n) is 25.2. The molecule has 3 aromatic heterocycles. The molecule has 0 spiro atoms. The van der Waals surface area contributed by atoms with Crippen LogP contribution in [0.1, 0.15) is 0 Å². The molecule has 220 valence electrons. The molecule has 0 aliphatic heterocycles. The molecule has 0 atom stereocenters. The van der Waals surface area contributed by atoms with Crippen LogP contribution in [-0.4, -0.2) is 9.38 Å². The van der Waals surface area contributed by atoms with Gasteiger partial charge in [0.2, 0.25) is 0 Å². The van der Waals surface area contributed by atoms with E-state index in [1.165, 1.54) is 4.40 Å². The lowest BCUT2D eigenvalue weighted by atomic mass is 9.93. The molecule has 9 rings (SSSR count). The Balaban J connectivity index is 1.30. The van der Waals surface area contributed by atoms with Gasteiger partial charge in [0.15, 0.2) is 0 Å². The van der Waals surface area contributed by atoms with E-state index in [4.69, 9.17) is 4.98 Å². The molecule has 0 aliphatic carbocycles. The van der Waals surface area contributed by atoms with Crippen molar-refractivity contribution in [3.63, 3.8) is 0 Å². The van der Waals surface area contributed by atoms with Crippen LogP contribution >= 0.6 is 0 Å². The Hall–Kier alpha value is -6.39. The monoisotopic (exact) mass is 602 g/mol. The summed E-state index contributed by atoms with van der Waals surface area (Å²) >= 11 is 0. The van der Waals surface area contributed by atoms with Gasteiger partial charge >= 0.3 is 0 Å². The van der Waals surface area contributed by atoms with Gasteiger partial charge in [-0.25, -0.2) is 9.38 Å². The molecule has 0 radical (unpaired) electrons. The van der Waals surface area contributed by atoms with Gasteiger partial charge in [-0.2, -0.15) is 0 Å². The van der Waals surface area contributed by atoms with Gasteiger partial charge < -0.3 is 0 Å². The number of benzene rings is 6. The maximum absolute atomic E-state index is 13.7. The standard InChI is InChI=1S/C43H26N2O2/c46-42-35-20-9-7-18-33(35)37-23-31(24-38-34-19-8-10-21-36(34)43(47)45(42)41(37)38)29-16-11-17-30(22-29)32-25-39(27-12-3-1-4-13-27)44-40(26-32)28-14-5-2-6-15-28/h1-26H. The number of hydrogen-bond acceptors (Lipinski definition) is 3. The SMILES string of the molecule is O=c1c2ccccc2c2cc(-c3cccc(-c4cc(-c5ccccc5)nc(-c5ccccc5)c4)c3)cc3c4ccccc4c(=O)n1c23. The first kappa shape index (κ1) is 27.0. The lowest BCUT2D eigenvalue weighted by molar-refractivity contribution is 1.09. The van der Waals surface area contributed by atoms with E-state index in [9.17, 15) is 9.59 Å². The summed E-state index contributed by atoms with van der Waals surface area (Å²) in [5.74, 6) is 0. The maximum atomic E-state index is 13.7. The summed E-state index contributed by atoms with van der Waals surface area (Å²) in [6.45, 7) is 0. The van der Waals surface area contributed by atoms with Crippen LogP contribution in [0.25, 0.3) is 82.6 Å². The molecule has 0 amide bonds. The number of rotatable bonds is 4. The molecule has 0 N–H and O–H groups in total. The molecular formula is C43H26N2O2. The minimum Gasteiger partial charge on any atom is -0.268 e. The molecule has 4 heteroatoms. The van der Waals surface area contributed by atoms with Crippen molar-refractivity contribution in [2.45, 2.75) is 0 Å². The zero-order valence-corrected chi connectivity index (χ0v) is 25.2. The first-order valence-electron chi connectivity index (χ1n) is 15.6. The summed E-state index contributed by atoms with van der Waals surface area (Å²) in [5, 5.41) is 4.49. The predicted octanol–water partition coefficient (Wildman–Crippen LogP) is 9.62. The molecule has 0 saturated heterocycles. The molecule has 6 aromatic carbocycles. The number of aromatic nitrogens is 2. The van der Waals surface area contributed by atoms with Crippen molar-refractivity contribution in [1.29, 1.82) is 0 Å². The third-order valence-electron chi connectivity index (χ3n) is 9.13. The van der Waals surface area contributed by atoms with Gasteiger partial charge in [-0.3, -0.25) is 9.59 Å². The molecule has 47 heavy (non-hydrogen) atoms. The fraction of sp³-hybridized carbons (Fsp3) is 0. The summed E-state index contributed by atoms with van der Waals surface area (Å²) in [4.78, 5) is 32.5. The highest BCUT2D eigenvalue weighted by Gasteiger charge is 2.18. The Kier molecular flexibility index (Phi) is 6.09. The van der Waals surface area contributed by atoms with Gasteiger partial charge in [0.1, 0.15) is 0 Å². The molecule has 9 aromatic rings. The van der Waals surface area contributed by atoms with Crippen molar-refractivity contribution in [2.75, 3.05) is 0 Å². The molecule has 4 nitrogen and oxygen atoms in total. The number of pyridine rings is 3. The fourth-order valence-electron chi connectivity index (χ4n) is 6.89. The van der Waals surface area contributed by atoms with E-state index in [0.717, 1.165) is 66.3 Å². The van der Waals surface area contributed by atoms with Crippen LogP contribution < -0.4 is 11.1 Å². The highest BCUT2D eigenvalue weighted by atomic mass is 16.2. The average Bonchev–Trinajstić information content (AvgIpc) is 3.15. The normalized spacial score (nSPS) is 11.6. The molecule has 0 bridgehead atoms. The topological polar surface area (TPSA) is 51.4 Å². The lowest BCUT2D eigenvalue weighted by Gasteiger charge is -2.15. The summed E-state index contributed by atoms with van der Waals surface area (Å²) in [5.41, 5.74) is 8.20. The second-order valence-electron chi connectivity index (χ2n) is 11.9. The van der Waals surface area contributed by atoms with Crippen LogP contribution in [0.2, 0.25) is 0 Å². The highest BCUT2D eigenvalue weighted by molar-refractivity contribution is 6.19. The van der Waals surface area contributed by atoms with Crippen LogP contribution in [0.15, 0.2) is 167 Å². The van der Waals surface area contributed by atoms with Crippen LogP contribution in [0.4, 0.5) is 0 Å². The molecule has 0 saturated carbocycles. The Morgan fingerprint density at radius 1 is 0.340 bits per heavy atom. The molecule has 0 fully saturated rings. The minimum atomic E-state index is -0.287. The second-order valence-corrected chi connectivity index (χ2v) is 11.9. The summed E-state index contributed by atoms with van der Waals surface area (Å²) in [6.07, 6.45) is 0. The molecular weight excluding hydrogens is 576 g/mol. The van der Waals surface area contributed by atoms with Crippen molar-refractivity contribution in [3.8, 4) is 44.8 Å². The number of nitrogens with zero attached hydrogens (tertiary/aromatic N) is 2. The summed E-state index contributed by atoms with van der Waals surface area (Å²) in [6, 6.07) is 52.8. The largest absolute Gasteiger partial charge is 0.268 e. The Morgan fingerprint density at radius 2 is 0.745 bits per heavy atom. The maximum Gasteiger partial charge on any atom is 0.266 e. The van der Waals surface area contributed by atoms with Gasteiger partial charge in [-0.15, -0.1) is 0 Å². The lowest BCUT2D eigenvalue weighted by Crippen LogP contribution is -2.27. The van der Waals surface area contributed by atoms with Gasteiger partial charge in [0.25, 0.3) is 11.1 Å². The van der Waals surface area contributed by atoms with Crippen molar-refractivity contribution in [1.82, 2.24) is 9.38 Å². The van der Waals surface area contributed by atoms with E-state index in [1.807, 2.05) is 72.8 Å². The molecule has 0 aliphatic rings. The first-order valence-corrected chi connectivity index (χ1v) is 15.6. The Morgan fingerprint density at radius 3 is 1.23 bits per heavy atom. The summed E-state index contributed by atoms with van der Waals surface area (Å²) in [7, 11) is 0. The van der Waals surface area contributed by atoms with Gasteiger partial charge in [-0.05, 0) is 75.5 Å².